The van der Waals surface area contributed by atoms with Gasteiger partial charge in [0.15, 0.2) is 0 Å². The second-order valence-electron chi connectivity index (χ2n) is 6.66. The van der Waals surface area contributed by atoms with E-state index >= 15 is 0 Å². The zero-order valence-corrected chi connectivity index (χ0v) is 14.5. The summed E-state index contributed by atoms with van der Waals surface area (Å²) in [5.74, 6) is 0.495. The molecule has 0 spiro atoms. The Morgan fingerprint density at radius 3 is 2.58 bits per heavy atom. The lowest BCUT2D eigenvalue weighted by atomic mass is 9.95. The van der Waals surface area contributed by atoms with Crippen molar-refractivity contribution < 1.29 is 14.3 Å². The van der Waals surface area contributed by atoms with Gasteiger partial charge in [0.25, 0.3) is 5.91 Å². The molecule has 3 heterocycles. The summed E-state index contributed by atoms with van der Waals surface area (Å²) in [6.07, 6.45) is 3.07. The largest absolute Gasteiger partial charge is 0.378 e. The quantitative estimate of drug-likeness (QED) is 0.806. The van der Waals surface area contributed by atoms with Crippen molar-refractivity contribution in [2.75, 3.05) is 32.8 Å². The maximum absolute atomic E-state index is 13.1. The van der Waals surface area contributed by atoms with Gasteiger partial charge in [0.1, 0.15) is 11.4 Å². The normalized spacial score (nSPS) is 24.3. The zero-order valence-electron chi connectivity index (χ0n) is 14.5. The van der Waals surface area contributed by atoms with Crippen LogP contribution in [0.5, 0.6) is 0 Å². The highest BCUT2D eigenvalue weighted by molar-refractivity contribution is 6.00. The molecule has 130 valence electrons. The summed E-state index contributed by atoms with van der Waals surface area (Å²) < 4.78 is 5.33. The number of hydrogen-bond acceptors (Lipinski definition) is 5. The first-order chi connectivity index (χ1) is 11.4. The molecule has 0 bridgehead atoms. The summed E-state index contributed by atoms with van der Waals surface area (Å²) >= 11 is 0. The van der Waals surface area contributed by atoms with Gasteiger partial charge in [0, 0.05) is 25.8 Å². The van der Waals surface area contributed by atoms with E-state index in [1.165, 1.54) is 0 Å². The van der Waals surface area contributed by atoms with Gasteiger partial charge in [-0.2, -0.15) is 0 Å². The Balaban J connectivity index is 1.86. The van der Waals surface area contributed by atoms with E-state index in [2.05, 4.69) is 9.97 Å². The number of nitrogens with zero attached hydrogens (tertiary/aromatic N) is 4. The molecule has 2 aliphatic rings. The predicted molar refractivity (Wildman–Crippen MR) is 87.6 cm³/mol. The third-order valence-electron chi connectivity index (χ3n) is 4.98. The van der Waals surface area contributed by atoms with Gasteiger partial charge in [0.2, 0.25) is 5.91 Å². The van der Waals surface area contributed by atoms with E-state index in [0.717, 1.165) is 6.42 Å². The van der Waals surface area contributed by atoms with Gasteiger partial charge < -0.3 is 14.5 Å². The van der Waals surface area contributed by atoms with Gasteiger partial charge in [0.05, 0.1) is 24.5 Å². The molecule has 0 radical (unpaired) electrons. The van der Waals surface area contributed by atoms with Gasteiger partial charge in [-0.15, -0.1) is 0 Å². The van der Waals surface area contributed by atoms with E-state index in [9.17, 15) is 9.59 Å². The molecule has 1 atom stereocenters. The molecule has 2 aliphatic heterocycles. The summed E-state index contributed by atoms with van der Waals surface area (Å²) in [4.78, 5) is 38.0. The Morgan fingerprint density at radius 2 is 1.92 bits per heavy atom. The van der Waals surface area contributed by atoms with Crippen LogP contribution in [0, 0.1) is 13.8 Å². The van der Waals surface area contributed by atoms with E-state index in [1.807, 2.05) is 11.8 Å². The van der Waals surface area contributed by atoms with Crippen LogP contribution < -0.4 is 0 Å². The fourth-order valence-corrected chi connectivity index (χ4v) is 3.56. The SMILES string of the molecule is Cc1ncc(C(=O)N2CCC[C@]2(C)C(=O)N2CCOCC2)c(C)n1. The summed E-state index contributed by atoms with van der Waals surface area (Å²) in [5, 5.41) is 0. The number of ether oxygens (including phenoxy) is 1. The Morgan fingerprint density at radius 1 is 1.21 bits per heavy atom. The van der Waals surface area contributed by atoms with Crippen LogP contribution in [0.1, 0.15) is 41.6 Å². The number of aromatic nitrogens is 2. The van der Waals surface area contributed by atoms with Crippen LogP contribution >= 0.6 is 0 Å². The van der Waals surface area contributed by atoms with Gasteiger partial charge in [-0.05, 0) is 33.6 Å². The highest BCUT2D eigenvalue weighted by atomic mass is 16.5. The van der Waals surface area contributed by atoms with Gasteiger partial charge >= 0.3 is 0 Å². The van der Waals surface area contributed by atoms with Crippen molar-refractivity contribution in [3.63, 3.8) is 0 Å². The molecular weight excluding hydrogens is 308 g/mol. The Kier molecular flexibility index (Phi) is 4.54. The van der Waals surface area contributed by atoms with Crippen molar-refractivity contribution in [1.29, 1.82) is 0 Å². The Bertz CT molecular complexity index is 657. The van der Waals surface area contributed by atoms with Gasteiger partial charge in [-0.1, -0.05) is 0 Å². The molecule has 0 aromatic carbocycles. The van der Waals surface area contributed by atoms with E-state index in [0.29, 0.717) is 56.4 Å². The summed E-state index contributed by atoms with van der Waals surface area (Å²) in [6.45, 7) is 8.34. The van der Waals surface area contributed by atoms with Gasteiger partial charge in [-0.3, -0.25) is 9.59 Å². The van der Waals surface area contributed by atoms with E-state index < -0.39 is 5.54 Å². The van der Waals surface area contributed by atoms with Crippen LogP contribution in [-0.4, -0.2) is 70.0 Å². The highest BCUT2D eigenvalue weighted by Gasteiger charge is 2.48. The van der Waals surface area contributed by atoms with E-state index in [4.69, 9.17) is 4.74 Å². The van der Waals surface area contributed by atoms with Crippen LogP contribution in [0.15, 0.2) is 6.20 Å². The second kappa shape index (κ2) is 6.47. The maximum atomic E-state index is 13.1. The minimum Gasteiger partial charge on any atom is -0.378 e. The smallest absolute Gasteiger partial charge is 0.258 e. The second-order valence-corrected chi connectivity index (χ2v) is 6.66. The highest BCUT2D eigenvalue weighted by Crippen LogP contribution is 2.33. The lowest BCUT2D eigenvalue weighted by Crippen LogP contribution is -2.58. The molecule has 2 amide bonds. The van der Waals surface area contributed by atoms with Crippen molar-refractivity contribution >= 4 is 11.8 Å². The molecule has 0 saturated carbocycles. The van der Waals surface area contributed by atoms with Gasteiger partial charge in [-0.25, -0.2) is 9.97 Å². The van der Waals surface area contributed by atoms with Crippen LogP contribution in [0.3, 0.4) is 0 Å². The standard InChI is InChI=1S/C17H24N4O3/c1-12-14(11-18-13(2)19-12)15(22)21-6-4-5-17(21,3)16(23)20-7-9-24-10-8-20/h11H,4-10H2,1-3H3/t17-/m1/s1. The molecule has 7 nitrogen and oxygen atoms in total. The first-order valence-electron chi connectivity index (χ1n) is 8.43. The maximum Gasteiger partial charge on any atom is 0.258 e. The van der Waals surface area contributed by atoms with E-state index in [1.54, 1.807) is 24.9 Å². The topological polar surface area (TPSA) is 75.6 Å². The third kappa shape index (κ3) is 2.88. The number of aryl methyl sites for hydroxylation is 2. The molecule has 2 fully saturated rings. The van der Waals surface area contributed by atoms with Crippen LogP contribution in [0.25, 0.3) is 0 Å². The lowest BCUT2D eigenvalue weighted by Gasteiger charge is -2.39. The molecule has 1 aromatic rings. The van der Waals surface area contributed by atoms with Crippen molar-refractivity contribution in [2.24, 2.45) is 0 Å². The number of hydrogen-bond donors (Lipinski definition) is 0. The molecular formula is C17H24N4O3. The molecule has 3 rings (SSSR count). The summed E-state index contributed by atoms with van der Waals surface area (Å²) in [5.41, 5.74) is 0.329. The van der Waals surface area contributed by atoms with Crippen molar-refractivity contribution in [3.05, 3.63) is 23.3 Å². The molecule has 0 aliphatic carbocycles. The number of rotatable bonds is 2. The number of morpholine rings is 1. The minimum absolute atomic E-state index is 0.0160. The number of likely N-dealkylation sites (tertiary alicyclic amines) is 1. The molecule has 24 heavy (non-hydrogen) atoms. The summed E-state index contributed by atoms with van der Waals surface area (Å²) in [7, 11) is 0. The molecule has 0 N–H and O–H groups in total. The number of carbonyl (C=O) groups excluding carboxylic acids is 2. The van der Waals surface area contributed by atoms with Crippen molar-refractivity contribution in [2.45, 2.75) is 39.2 Å². The molecule has 2 saturated heterocycles. The molecule has 0 unspecified atom stereocenters. The van der Waals surface area contributed by atoms with Crippen molar-refractivity contribution in [1.82, 2.24) is 19.8 Å². The van der Waals surface area contributed by atoms with Crippen LogP contribution in [0.2, 0.25) is 0 Å². The van der Waals surface area contributed by atoms with Crippen LogP contribution in [0.4, 0.5) is 0 Å². The number of carbonyl (C=O) groups is 2. The minimum atomic E-state index is -0.800. The molecule has 1 aromatic heterocycles. The third-order valence-corrected chi connectivity index (χ3v) is 4.98. The first-order valence-corrected chi connectivity index (χ1v) is 8.43. The van der Waals surface area contributed by atoms with Crippen molar-refractivity contribution in [3.8, 4) is 0 Å². The van der Waals surface area contributed by atoms with Crippen LogP contribution in [-0.2, 0) is 9.53 Å². The first kappa shape index (κ1) is 16.8. The summed E-state index contributed by atoms with van der Waals surface area (Å²) in [6, 6.07) is 0. The lowest BCUT2D eigenvalue weighted by molar-refractivity contribution is -0.144. The Hall–Kier alpha value is -2.02. The average molecular weight is 332 g/mol. The fraction of sp³-hybridized carbons (Fsp3) is 0.647. The average Bonchev–Trinajstić information content (AvgIpc) is 2.97. The fourth-order valence-electron chi connectivity index (χ4n) is 3.56. The number of amides is 2. The zero-order chi connectivity index (χ0) is 17.3. The Labute approximate surface area is 142 Å². The van der Waals surface area contributed by atoms with E-state index in [-0.39, 0.29) is 11.8 Å². The molecule has 7 heteroatoms. The monoisotopic (exact) mass is 332 g/mol. The predicted octanol–water partition coefficient (Wildman–Crippen LogP) is 0.947.